The third kappa shape index (κ3) is 2.76. The summed E-state index contributed by atoms with van der Waals surface area (Å²) in [6.07, 6.45) is 14.3. The summed E-state index contributed by atoms with van der Waals surface area (Å²) in [5.74, 6) is 0.556. The van der Waals surface area contributed by atoms with Crippen LogP contribution in [-0.2, 0) is 9.47 Å². The fourth-order valence-electron chi connectivity index (χ4n) is 6.05. The van der Waals surface area contributed by atoms with Crippen LogP contribution in [0.3, 0.4) is 0 Å². The van der Waals surface area contributed by atoms with Gasteiger partial charge in [-0.15, -0.1) is 23.2 Å². The maximum Gasteiger partial charge on any atom is 0.173 e. The van der Waals surface area contributed by atoms with Crippen molar-refractivity contribution >= 4 is 23.2 Å². The summed E-state index contributed by atoms with van der Waals surface area (Å²) in [5.41, 5.74) is 0.153. The van der Waals surface area contributed by atoms with Gasteiger partial charge in [0.1, 0.15) is 0 Å². The van der Waals surface area contributed by atoms with Crippen LogP contribution < -0.4 is 0 Å². The predicted molar refractivity (Wildman–Crippen MR) is 94.1 cm³/mol. The lowest BCUT2D eigenvalue weighted by molar-refractivity contribution is -0.284. The minimum atomic E-state index is -0.426. The van der Waals surface area contributed by atoms with Gasteiger partial charge in [-0.2, -0.15) is 0 Å². The standard InChI is InChI=1S/C19H30Cl2O2/c20-15-16-18(17(15)21)9-7-5-3-1-2-4-6-8-14(12-18)13-19(16)22-10-11-23-19/h14-17H,1-13H2/t14-,15+,16-,17-,18-/m1/s1. The first kappa shape index (κ1) is 16.9. The molecule has 1 heterocycles. The molecule has 0 aromatic carbocycles. The molecule has 0 N–H and O–H groups in total. The lowest BCUT2D eigenvalue weighted by Gasteiger charge is -2.66. The SMILES string of the molecule is Cl[C@@H]1[C@@H](Cl)[C@@]23CCCCCCCCC[C@@H](CC4(OCCO4)[C@H]12)C3. The van der Waals surface area contributed by atoms with E-state index in [1.165, 1.54) is 64.2 Å². The first-order valence-electron chi connectivity index (χ1n) is 9.74. The number of alkyl halides is 2. The average Bonchev–Trinajstić information content (AvgIpc) is 2.99. The molecule has 2 spiro atoms. The summed E-state index contributed by atoms with van der Waals surface area (Å²) in [7, 11) is 0. The van der Waals surface area contributed by atoms with Crippen LogP contribution in [0.4, 0.5) is 0 Å². The quantitative estimate of drug-likeness (QED) is 0.531. The highest BCUT2D eigenvalue weighted by molar-refractivity contribution is 6.32. The van der Waals surface area contributed by atoms with E-state index < -0.39 is 5.79 Å². The van der Waals surface area contributed by atoms with Crippen molar-refractivity contribution in [3.8, 4) is 0 Å². The van der Waals surface area contributed by atoms with Gasteiger partial charge in [0, 0.05) is 12.3 Å². The van der Waals surface area contributed by atoms with Crippen molar-refractivity contribution in [3.63, 3.8) is 0 Å². The smallest absolute Gasteiger partial charge is 0.173 e. The second kappa shape index (κ2) is 6.67. The zero-order valence-corrected chi connectivity index (χ0v) is 15.6. The lowest BCUT2D eigenvalue weighted by Crippen LogP contribution is -2.71. The maximum absolute atomic E-state index is 6.84. The highest BCUT2D eigenvalue weighted by Gasteiger charge is 2.71. The third-order valence-electron chi connectivity index (χ3n) is 7.01. The van der Waals surface area contributed by atoms with E-state index in [1.54, 1.807) is 0 Å². The molecule has 4 rings (SSSR count). The molecule has 4 aliphatic rings. The van der Waals surface area contributed by atoms with Gasteiger partial charge in [0.25, 0.3) is 0 Å². The maximum atomic E-state index is 6.84. The number of hydrogen-bond acceptors (Lipinski definition) is 2. The van der Waals surface area contributed by atoms with Gasteiger partial charge in [0.15, 0.2) is 5.79 Å². The average molecular weight is 361 g/mol. The molecule has 132 valence electrons. The molecule has 0 aromatic rings. The van der Waals surface area contributed by atoms with Crippen LogP contribution in [-0.4, -0.2) is 29.8 Å². The van der Waals surface area contributed by atoms with Gasteiger partial charge in [-0.1, -0.05) is 51.4 Å². The number of halogens is 2. The van der Waals surface area contributed by atoms with Gasteiger partial charge in [-0.05, 0) is 24.2 Å². The summed E-state index contributed by atoms with van der Waals surface area (Å²) >= 11 is 13.6. The zero-order chi connectivity index (χ0) is 15.9. The van der Waals surface area contributed by atoms with Crippen molar-refractivity contribution in [3.05, 3.63) is 0 Å². The third-order valence-corrected chi connectivity index (χ3v) is 8.35. The second-order valence-electron chi connectivity index (χ2n) is 8.35. The molecular weight excluding hydrogens is 331 g/mol. The summed E-state index contributed by atoms with van der Waals surface area (Å²) in [5, 5.41) is 0.0909. The van der Waals surface area contributed by atoms with Crippen LogP contribution in [0.5, 0.6) is 0 Å². The van der Waals surface area contributed by atoms with Crippen LogP contribution >= 0.6 is 23.2 Å². The Morgan fingerprint density at radius 1 is 0.783 bits per heavy atom. The van der Waals surface area contributed by atoms with Gasteiger partial charge in [-0.3, -0.25) is 0 Å². The molecule has 5 atom stereocenters. The molecule has 23 heavy (non-hydrogen) atoms. The first-order chi connectivity index (χ1) is 11.2. The molecule has 0 aromatic heterocycles. The number of rotatable bonds is 0. The fourth-order valence-corrected chi connectivity index (χ4v) is 7.23. The van der Waals surface area contributed by atoms with Gasteiger partial charge < -0.3 is 9.47 Å². The number of hydrogen-bond donors (Lipinski definition) is 0. The van der Waals surface area contributed by atoms with Gasteiger partial charge in [0.05, 0.1) is 24.0 Å². The molecule has 0 unspecified atom stereocenters. The molecule has 0 radical (unpaired) electrons. The fraction of sp³-hybridized carbons (Fsp3) is 1.00. The van der Waals surface area contributed by atoms with Crippen molar-refractivity contribution in [2.75, 3.05) is 13.2 Å². The van der Waals surface area contributed by atoms with Crippen molar-refractivity contribution in [2.45, 2.75) is 87.2 Å². The number of fused-ring (bicyclic) bond motifs is 2. The van der Waals surface area contributed by atoms with Crippen LogP contribution in [0, 0.1) is 17.3 Å². The van der Waals surface area contributed by atoms with E-state index in [1.807, 2.05) is 0 Å². The van der Waals surface area contributed by atoms with Crippen LogP contribution in [0.1, 0.15) is 70.6 Å². The van der Waals surface area contributed by atoms with E-state index in [-0.39, 0.29) is 16.2 Å². The van der Waals surface area contributed by atoms with E-state index in [0.717, 1.165) is 19.6 Å². The van der Waals surface area contributed by atoms with E-state index in [2.05, 4.69) is 0 Å². The molecule has 3 saturated carbocycles. The Labute approximate surface area is 150 Å². The Balaban J connectivity index is 1.61. The van der Waals surface area contributed by atoms with Crippen molar-refractivity contribution in [1.82, 2.24) is 0 Å². The molecule has 0 amide bonds. The van der Waals surface area contributed by atoms with E-state index in [0.29, 0.717) is 11.8 Å². The summed E-state index contributed by atoms with van der Waals surface area (Å²) in [6, 6.07) is 0. The molecule has 3 aliphatic carbocycles. The van der Waals surface area contributed by atoms with E-state index in [4.69, 9.17) is 32.7 Å². The summed E-state index contributed by atoms with van der Waals surface area (Å²) in [6.45, 7) is 1.44. The summed E-state index contributed by atoms with van der Waals surface area (Å²) in [4.78, 5) is 0. The van der Waals surface area contributed by atoms with Gasteiger partial charge in [0.2, 0.25) is 0 Å². The van der Waals surface area contributed by atoms with E-state index >= 15 is 0 Å². The summed E-state index contributed by atoms with van der Waals surface area (Å²) < 4.78 is 12.4. The molecule has 4 heteroatoms. The van der Waals surface area contributed by atoms with Crippen LogP contribution in [0.15, 0.2) is 0 Å². The molecule has 2 bridgehead atoms. The Kier molecular flexibility index (Phi) is 4.91. The normalized spacial score (nSPS) is 47.2. The minimum absolute atomic E-state index is 0.00335. The van der Waals surface area contributed by atoms with E-state index in [9.17, 15) is 0 Å². The minimum Gasteiger partial charge on any atom is -0.347 e. The first-order valence-corrected chi connectivity index (χ1v) is 10.6. The van der Waals surface area contributed by atoms with Crippen LogP contribution in [0.2, 0.25) is 0 Å². The molecule has 4 fully saturated rings. The van der Waals surface area contributed by atoms with Crippen molar-refractivity contribution in [2.24, 2.45) is 17.3 Å². The Hall–Kier alpha value is 0.500. The van der Waals surface area contributed by atoms with Crippen molar-refractivity contribution in [1.29, 1.82) is 0 Å². The lowest BCUT2D eigenvalue weighted by atomic mass is 9.47. The largest absolute Gasteiger partial charge is 0.347 e. The topological polar surface area (TPSA) is 18.5 Å². The Bertz CT molecular complexity index is 424. The Morgan fingerprint density at radius 3 is 2.17 bits per heavy atom. The second-order valence-corrected chi connectivity index (χ2v) is 9.33. The monoisotopic (exact) mass is 360 g/mol. The molecule has 1 aliphatic heterocycles. The molecule has 1 saturated heterocycles. The highest BCUT2D eigenvalue weighted by Crippen LogP contribution is 2.68. The zero-order valence-electron chi connectivity index (χ0n) is 14.1. The molecular formula is C19H30Cl2O2. The highest BCUT2D eigenvalue weighted by atomic mass is 35.5. The molecule has 2 nitrogen and oxygen atoms in total. The van der Waals surface area contributed by atoms with Gasteiger partial charge >= 0.3 is 0 Å². The van der Waals surface area contributed by atoms with Crippen molar-refractivity contribution < 1.29 is 9.47 Å². The Morgan fingerprint density at radius 2 is 1.43 bits per heavy atom. The van der Waals surface area contributed by atoms with Crippen LogP contribution in [0.25, 0.3) is 0 Å². The predicted octanol–water partition coefficient (Wildman–Crippen LogP) is 5.50. The number of ether oxygens (including phenoxy) is 2. The van der Waals surface area contributed by atoms with Gasteiger partial charge in [-0.25, -0.2) is 0 Å².